The number of likely N-dealkylation sites (N-methyl/N-ethyl adjacent to an activating group) is 1. The van der Waals surface area contributed by atoms with Crippen molar-refractivity contribution in [3.05, 3.63) is 48.0 Å². The maximum absolute atomic E-state index is 3.77. The van der Waals surface area contributed by atoms with Gasteiger partial charge in [-0.15, -0.1) is 6.58 Å². The van der Waals surface area contributed by atoms with Gasteiger partial charge < -0.3 is 10.2 Å². The van der Waals surface area contributed by atoms with Gasteiger partial charge in [-0.1, -0.05) is 30.3 Å². The van der Waals surface area contributed by atoms with Crippen LogP contribution in [-0.2, 0) is 6.54 Å². The average molecular weight is 244 g/mol. The molecule has 1 heterocycles. The second-order valence-electron chi connectivity index (χ2n) is 5.22. The van der Waals surface area contributed by atoms with Crippen LogP contribution < -0.4 is 5.32 Å². The highest BCUT2D eigenvalue weighted by Gasteiger charge is 2.20. The van der Waals surface area contributed by atoms with Gasteiger partial charge in [0.15, 0.2) is 0 Å². The molecule has 0 spiro atoms. The maximum atomic E-state index is 3.77. The van der Waals surface area contributed by atoms with Crippen molar-refractivity contribution in [1.82, 2.24) is 10.2 Å². The Morgan fingerprint density at radius 1 is 1.44 bits per heavy atom. The van der Waals surface area contributed by atoms with Crippen LogP contribution in [0, 0.1) is 0 Å². The highest BCUT2D eigenvalue weighted by atomic mass is 15.1. The third-order valence-electron chi connectivity index (χ3n) is 3.68. The Bertz CT molecular complexity index is 386. The van der Waals surface area contributed by atoms with Crippen molar-refractivity contribution >= 4 is 0 Å². The first-order chi connectivity index (χ1) is 8.81. The van der Waals surface area contributed by atoms with Gasteiger partial charge in [0.25, 0.3) is 0 Å². The zero-order valence-electron chi connectivity index (χ0n) is 11.4. The Kier molecular flexibility index (Phi) is 4.97. The second kappa shape index (κ2) is 6.72. The molecular formula is C16H24N2. The smallest absolute Gasteiger partial charge is 0.0208 e. The van der Waals surface area contributed by atoms with Gasteiger partial charge in [0.05, 0.1) is 0 Å². The predicted octanol–water partition coefficient (Wildman–Crippen LogP) is 2.77. The minimum absolute atomic E-state index is 0.628. The minimum atomic E-state index is 0.628. The van der Waals surface area contributed by atoms with E-state index in [1.165, 1.54) is 17.5 Å². The molecule has 0 radical (unpaired) electrons. The van der Waals surface area contributed by atoms with E-state index in [9.17, 15) is 0 Å². The quantitative estimate of drug-likeness (QED) is 0.611. The molecule has 2 nitrogen and oxygen atoms in total. The highest BCUT2D eigenvalue weighted by molar-refractivity contribution is 5.32. The minimum Gasteiger partial charge on any atom is -0.312 e. The standard InChI is InChI=1S/C16H24N2/c1-3-4-7-10-18(2)13-15-12-17-11-14-8-5-6-9-16(14)15/h3,5-6,8-9,15,17H,1,4,7,10-13H2,2H3. The molecular weight excluding hydrogens is 220 g/mol. The topological polar surface area (TPSA) is 15.3 Å². The number of hydrogen-bond acceptors (Lipinski definition) is 2. The van der Waals surface area contributed by atoms with E-state index in [1.54, 1.807) is 0 Å². The molecule has 2 rings (SSSR count). The molecule has 0 saturated carbocycles. The normalized spacial score (nSPS) is 18.7. The number of nitrogens with one attached hydrogen (secondary N) is 1. The monoisotopic (exact) mass is 244 g/mol. The maximum Gasteiger partial charge on any atom is 0.0208 e. The van der Waals surface area contributed by atoms with E-state index in [1.807, 2.05) is 6.08 Å². The van der Waals surface area contributed by atoms with Crippen molar-refractivity contribution in [2.45, 2.75) is 25.3 Å². The molecule has 2 heteroatoms. The van der Waals surface area contributed by atoms with E-state index in [0.29, 0.717) is 5.92 Å². The molecule has 0 fully saturated rings. The summed E-state index contributed by atoms with van der Waals surface area (Å²) in [7, 11) is 2.22. The molecule has 0 amide bonds. The summed E-state index contributed by atoms with van der Waals surface area (Å²) < 4.78 is 0. The Morgan fingerprint density at radius 2 is 2.28 bits per heavy atom. The molecule has 0 aliphatic carbocycles. The fourth-order valence-corrected chi connectivity index (χ4v) is 2.72. The highest BCUT2D eigenvalue weighted by Crippen LogP contribution is 2.24. The molecule has 0 saturated heterocycles. The summed E-state index contributed by atoms with van der Waals surface area (Å²) in [6, 6.07) is 8.83. The molecule has 98 valence electrons. The molecule has 1 atom stereocenters. The lowest BCUT2D eigenvalue weighted by Gasteiger charge is -2.30. The SMILES string of the molecule is C=CCCCN(C)CC1CNCc2ccccc21. The van der Waals surface area contributed by atoms with Gasteiger partial charge in [-0.2, -0.15) is 0 Å². The van der Waals surface area contributed by atoms with Gasteiger partial charge in [0, 0.05) is 25.6 Å². The summed E-state index contributed by atoms with van der Waals surface area (Å²) in [4.78, 5) is 2.44. The number of fused-ring (bicyclic) bond motifs is 1. The van der Waals surface area contributed by atoms with E-state index in [4.69, 9.17) is 0 Å². The van der Waals surface area contributed by atoms with Gasteiger partial charge >= 0.3 is 0 Å². The second-order valence-corrected chi connectivity index (χ2v) is 5.22. The van der Waals surface area contributed by atoms with E-state index in [2.05, 4.69) is 48.1 Å². The molecule has 1 aliphatic heterocycles. The number of hydrogen-bond donors (Lipinski definition) is 1. The molecule has 0 aromatic heterocycles. The van der Waals surface area contributed by atoms with Crippen LogP contribution >= 0.6 is 0 Å². The lowest BCUT2D eigenvalue weighted by molar-refractivity contribution is 0.298. The number of allylic oxidation sites excluding steroid dienone is 1. The van der Waals surface area contributed by atoms with Crippen LogP contribution in [-0.4, -0.2) is 31.6 Å². The third kappa shape index (κ3) is 3.44. The van der Waals surface area contributed by atoms with Gasteiger partial charge in [-0.05, 0) is 37.6 Å². The zero-order chi connectivity index (χ0) is 12.8. The summed E-state index contributed by atoms with van der Waals surface area (Å²) in [5, 5.41) is 3.52. The molecule has 1 aromatic rings. The fraction of sp³-hybridized carbons (Fsp3) is 0.500. The first-order valence-corrected chi connectivity index (χ1v) is 6.89. The third-order valence-corrected chi connectivity index (χ3v) is 3.68. The van der Waals surface area contributed by atoms with Crippen LogP contribution in [0.1, 0.15) is 29.9 Å². The van der Waals surface area contributed by atoms with Crippen LogP contribution in [0.4, 0.5) is 0 Å². The van der Waals surface area contributed by atoms with Crippen LogP contribution in [0.2, 0.25) is 0 Å². The molecule has 1 N–H and O–H groups in total. The van der Waals surface area contributed by atoms with Gasteiger partial charge in [0.1, 0.15) is 0 Å². The molecule has 1 aromatic carbocycles. The Balaban J connectivity index is 1.92. The molecule has 1 unspecified atom stereocenters. The predicted molar refractivity (Wildman–Crippen MR) is 77.8 cm³/mol. The van der Waals surface area contributed by atoms with E-state index < -0.39 is 0 Å². The van der Waals surface area contributed by atoms with Gasteiger partial charge in [0.2, 0.25) is 0 Å². The zero-order valence-corrected chi connectivity index (χ0v) is 11.4. The summed E-state index contributed by atoms with van der Waals surface area (Å²) >= 11 is 0. The first kappa shape index (κ1) is 13.3. The lowest BCUT2D eigenvalue weighted by atomic mass is 9.90. The average Bonchev–Trinajstić information content (AvgIpc) is 2.39. The van der Waals surface area contributed by atoms with Crippen molar-refractivity contribution in [2.75, 3.05) is 26.7 Å². The number of rotatable bonds is 6. The van der Waals surface area contributed by atoms with Crippen molar-refractivity contribution in [1.29, 1.82) is 0 Å². The van der Waals surface area contributed by atoms with Crippen molar-refractivity contribution < 1.29 is 0 Å². The van der Waals surface area contributed by atoms with E-state index >= 15 is 0 Å². The van der Waals surface area contributed by atoms with E-state index in [-0.39, 0.29) is 0 Å². The summed E-state index contributed by atoms with van der Waals surface area (Å²) in [6.07, 6.45) is 4.33. The first-order valence-electron chi connectivity index (χ1n) is 6.89. The van der Waals surface area contributed by atoms with Crippen LogP contribution in [0.3, 0.4) is 0 Å². The lowest BCUT2D eigenvalue weighted by Crippen LogP contribution is -2.35. The number of benzene rings is 1. The fourth-order valence-electron chi connectivity index (χ4n) is 2.72. The summed E-state index contributed by atoms with van der Waals surface area (Å²) in [5.74, 6) is 0.628. The molecule has 1 aliphatic rings. The van der Waals surface area contributed by atoms with Crippen molar-refractivity contribution in [2.24, 2.45) is 0 Å². The summed E-state index contributed by atoms with van der Waals surface area (Å²) in [6.45, 7) is 8.19. The van der Waals surface area contributed by atoms with E-state index in [0.717, 1.165) is 32.6 Å². The Hall–Kier alpha value is -1.12. The number of nitrogens with zero attached hydrogens (tertiary/aromatic N) is 1. The Labute approximate surface area is 111 Å². The number of unbranched alkanes of at least 4 members (excludes halogenated alkanes) is 1. The van der Waals surface area contributed by atoms with Gasteiger partial charge in [-0.25, -0.2) is 0 Å². The summed E-state index contributed by atoms with van der Waals surface area (Å²) in [5.41, 5.74) is 3.00. The Morgan fingerprint density at radius 3 is 3.11 bits per heavy atom. The molecule has 0 bridgehead atoms. The van der Waals surface area contributed by atoms with Crippen LogP contribution in [0.15, 0.2) is 36.9 Å². The van der Waals surface area contributed by atoms with Crippen LogP contribution in [0.25, 0.3) is 0 Å². The van der Waals surface area contributed by atoms with Crippen LogP contribution in [0.5, 0.6) is 0 Å². The van der Waals surface area contributed by atoms with Crippen molar-refractivity contribution in [3.63, 3.8) is 0 Å². The largest absolute Gasteiger partial charge is 0.312 e. The van der Waals surface area contributed by atoms with Crippen molar-refractivity contribution in [3.8, 4) is 0 Å². The molecule has 18 heavy (non-hydrogen) atoms. The van der Waals surface area contributed by atoms with Gasteiger partial charge in [-0.3, -0.25) is 0 Å².